The SMILES string of the molecule is COCCNC(=O)[C@@H]1CN(S(=O)(=O)c2ccccc2)C[C@@H]1c1ccccc1C. The van der Waals surface area contributed by atoms with Crippen LogP contribution in [0.25, 0.3) is 0 Å². The predicted octanol–water partition coefficient (Wildman–Crippen LogP) is 2.16. The summed E-state index contributed by atoms with van der Waals surface area (Å²) in [7, 11) is -2.08. The molecule has 1 aliphatic rings. The zero-order valence-electron chi connectivity index (χ0n) is 16.2. The van der Waals surface area contributed by atoms with Gasteiger partial charge in [-0.15, -0.1) is 0 Å². The van der Waals surface area contributed by atoms with Gasteiger partial charge in [0.2, 0.25) is 15.9 Å². The molecule has 2 aromatic carbocycles. The molecule has 3 rings (SSSR count). The molecule has 7 heteroatoms. The number of nitrogens with zero attached hydrogens (tertiary/aromatic N) is 1. The van der Waals surface area contributed by atoms with Crippen molar-refractivity contribution in [3.05, 3.63) is 65.7 Å². The number of ether oxygens (including phenoxy) is 1. The predicted molar refractivity (Wildman–Crippen MR) is 107 cm³/mol. The molecular weight excluding hydrogens is 376 g/mol. The van der Waals surface area contributed by atoms with E-state index >= 15 is 0 Å². The van der Waals surface area contributed by atoms with Crippen LogP contribution in [-0.2, 0) is 19.6 Å². The van der Waals surface area contributed by atoms with Crippen molar-refractivity contribution in [2.75, 3.05) is 33.4 Å². The van der Waals surface area contributed by atoms with Gasteiger partial charge in [0.15, 0.2) is 0 Å². The van der Waals surface area contributed by atoms with Crippen molar-refractivity contribution >= 4 is 15.9 Å². The normalized spacial score (nSPS) is 20.2. The van der Waals surface area contributed by atoms with E-state index in [4.69, 9.17) is 4.74 Å². The molecule has 0 bridgehead atoms. The van der Waals surface area contributed by atoms with Crippen molar-refractivity contribution < 1.29 is 17.9 Å². The van der Waals surface area contributed by atoms with E-state index in [2.05, 4.69) is 5.32 Å². The van der Waals surface area contributed by atoms with Crippen molar-refractivity contribution in [2.45, 2.75) is 17.7 Å². The van der Waals surface area contributed by atoms with Gasteiger partial charge in [-0.1, -0.05) is 42.5 Å². The summed E-state index contributed by atoms with van der Waals surface area (Å²) in [6.07, 6.45) is 0. The highest BCUT2D eigenvalue weighted by molar-refractivity contribution is 7.89. The second-order valence-corrected chi connectivity index (χ2v) is 8.93. The Hall–Kier alpha value is -2.22. The zero-order valence-corrected chi connectivity index (χ0v) is 17.0. The molecule has 0 aromatic heterocycles. The highest BCUT2D eigenvalue weighted by atomic mass is 32.2. The Labute approximate surface area is 166 Å². The van der Waals surface area contributed by atoms with Crippen LogP contribution < -0.4 is 5.32 Å². The van der Waals surface area contributed by atoms with Crippen LogP contribution in [-0.4, -0.2) is 52.0 Å². The largest absolute Gasteiger partial charge is 0.383 e. The van der Waals surface area contributed by atoms with E-state index in [-0.39, 0.29) is 29.8 Å². The molecule has 1 saturated heterocycles. The third kappa shape index (κ3) is 4.27. The Morgan fingerprint density at radius 1 is 1.11 bits per heavy atom. The Morgan fingerprint density at radius 3 is 2.46 bits per heavy atom. The van der Waals surface area contributed by atoms with E-state index in [1.165, 1.54) is 4.31 Å². The van der Waals surface area contributed by atoms with Gasteiger partial charge in [-0.05, 0) is 30.2 Å². The number of hydrogen-bond acceptors (Lipinski definition) is 4. The highest BCUT2D eigenvalue weighted by Gasteiger charge is 2.43. The standard InChI is InChI=1S/C21H26N2O4S/c1-16-8-6-7-11-18(16)19-14-23(15-20(19)21(24)22-12-13-27-2)28(25,26)17-9-4-3-5-10-17/h3-11,19-20H,12-15H2,1-2H3,(H,22,24)/t19-,20-/m1/s1. The number of carbonyl (C=O) groups is 1. The lowest BCUT2D eigenvalue weighted by Gasteiger charge is -2.20. The molecule has 28 heavy (non-hydrogen) atoms. The molecule has 2 aromatic rings. The summed E-state index contributed by atoms with van der Waals surface area (Å²) >= 11 is 0. The van der Waals surface area contributed by atoms with Gasteiger partial charge < -0.3 is 10.1 Å². The number of amides is 1. The average molecular weight is 403 g/mol. The van der Waals surface area contributed by atoms with Crippen LogP contribution in [0.1, 0.15) is 17.0 Å². The van der Waals surface area contributed by atoms with Crippen LogP contribution in [0.15, 0.2) is 59.5 Å². The minimum absolute atomic E-state index is 0.143. The molecule has 150 valence electrons. The second kappa shape index (κ2) is 8.86. The number of nitrogens with one attached hydrogen (secondary N) is 1. The number of carbonyl (C=O) groups excluding carboxylic acids is 1. The van der Waals surface area contributed by atoms with E-state index in [1.54, 1.807) is 37.4 Å². The summed E-state index contributed by atoms with van der Waals surface area (Å²) in [5, 5.41) is 2.87. The van der Waals surface area contributed by atoms with Crippen molar-refractivity contribution in [1.29, 1.82) is 0 Å². The number of aryl methyl sites for hydroxylation is 1. The van der Waals surface area contributed by atoms with Gasteiger partial charge >= 0.3 is 0 Å². The number of rotatable bonds is 7. The first-order valence-electron chi connectivity index (χ1n) is 9.32. The number of benzene rings is 2. The first kappa shape index (κ1) is 20.5. The summed E-state index contributed by atoms with van der Waals surface area (Å²) < 4.78 is 32.6. The van der Waals surface area contributed by atoms with E-state index in [9.17, 15) is 13.2 Å². The van der Waals surface area contributed by atoms with Gasteiger partial charge in [-0.25, -0.2) is 8.42 Å². The fraction of sp³-hybridized carbons (Fsp3) is 0.381. The molecule has 1 aliphatic heterocycles. The van der Waals surface area contributed by atoms with Gasteiger partial charge in [0.1, 0.15) is 0 Å². The average Bonchev–Trinajstić information content (AvgIpc) is 3.15. The molecule has 1 amide bonds. The third-order valence-corrected chi connectivity index (χ3v) is 7.04. The number of sulfonamides is 1. The minimum atomic E-state index is -3.66. The van der Waals surface area contributed by atoms with Crippen LogP contribution in [0.2, 0.25) is 0 Å². The molecule has 0 unspecified atom stereocenters. The van der Waals surface area contributed by atoms with E-state index in [0.717, 1.165) is 11.1 Å². The second-order valence-electron chi connectivity index (χ2n) is 6.99. The first-order valence-corrected chi connectivity index (χ1v) is 10.8. The summed E-state index contributed by atoms with van der Waals surface area (Å²) in [5.74, 6) is -0.783. The van der Waals surface area contributed by atoms with E-state index in [0.29, 0.717) is 13.2 Å². The van der Waals surface area contributed by atoms with Crippen LogP contribution in [0.5, 0.6) is 0 Å². The van der Waals surface area contributed by atoms with Crippen LogP contribution >= 0.6 is 0 Å². The monoisotopic (exact) mass is 402 g/mol. The molecule has 0 saturated carbocycles. The maximum atomic E-state index is 13.1. The van der Waals surface area contributed by atoms with Crippen molar-refractivity contribution in [2.24, 2.45) is 5.92 Å². The Bertz CT molecular complexity index is 915. The molecule has 1 fully saturated rings. The molecule has 1 N–H and O–H groups in total. The Morgan fingerprint density at radius 2 is 1.79 bits per heavy atom. The smallest absolute Gasteiger partial charge is 0.243 e. The maximum Gasteiger partial charge on any atom is 0.243 e. The number of hydrogen-bond donors (Lipinski definition) is 1. The molecule has 0 radical (unpaired) electrons. The quantitative estimate of drug-likeness (QED) is 0.720. The molecule has 2 atom stereocenters. The number of methoxy groups -OCH3 is 1. The van der Waals surface area contributed by atoms with Crippen molar-refractivity contribution in [3.8, 4) is 0 Å². The Kier molecular flexibility index (Phi) is 6.49. The fourth-order valence-electron chi connectivity index (χ4n) is 3.70. The summed E-state index contributed by atoms with van der Waals surface area (Å²) in [6.45, 7) is 3.25. The van der Waals surface area contributed by atoms with Crippen LogP contribution in [0.3, 0.4) is 0 Å². The summed E-state index contributed by atoms with van der Waals surface area (Å²) in [5.41, 5.74) is 2.07. The minimum Gasteiger partial charge on any atom is -0.383 e. The van der Waals surface area contributed by atoms with Gasteiger partial charge in [0.25, 0.3) is 0 Å². The highest BCUT2D eigenvalue weighted by Crippen LogP contribution is 2.37. The fourth-order valence-corrected chi connectivity index (χ4v) is 5.21. The molecule has 0 aliphatic carbocycles. The maximum absolute atomic E-state index is 13.1. The molecular formula is C21H26N2O4S. The Balaban J connectivity index is 1.90. The molecule has 0 spiro atoms. The molecule has 6 nitrogen and oxygen atoms in total. The van der Waals surface area contributed by atoms with Crippen molar-refractivity contribution in [3.63, 3.8) is 0 Å². The first-order chi connectivity index (χ1) is 13.4. The summed E-state index contributed by atoms with van der Waals surface area (Å²) in [4.78, 5) is 13.1. The van der Waals surface area contributed by atoms with Gasteiger partial charge in [0, 0.05) is 32.7 Å². The molecule has 1 heterocycles. The topological polar surface area (TPSA) is 75.7 Å². The van der Waals surface area contributed by atoms with E-state index < -0.39 is 15.9 Å². The van der Waals surface area contributed by atoms with Gasteiger partial charge in [-0.3, -0.25) is 4.79 Å². The van der Waals surface area contributed by atoms with Crippen molar-refractivity contribution in [1.82, 2.24) is 9.62 Å². The van der Waals surface area contributed by atoms with Gasteiger partial charge in [0.05, 0.1) is 17.4 Å². The lowest BCUT2D eigenvalue weighted by atomic mass is 9.86. The third-order valence-electron chi connectivity index (χ3n) is 5.20. The van der Waals surface area contributed by atoms with E-state index in [1.807, 2.05) is 31.2 Å². The van der Waals surface area contributed by atoms with Gasteiger partial charge in [-0.2, -0.15) is 4.31 Å². The zero-order chi connectivity index (χ0) is 20.1. The lowest BCUT2D eigenvalue weighted by molar-refractivity contribution is -0.125. The summed E-state index contributed by atoms with van der Waals surface area (Å²) in [6, 6.07) is 16.2. The van der Waals surface area contributed by atoms with Crippen LogP contribution in [0.4, 0.5) is 0 Å². The van der Waals surface area contributed by atoms with Crippen LogP contribution in [0, 0.1) is 12.8 Å². The lowest BCUT2D eigenvalue weighted by Crippen LogP contribution is -2.37.